The number of carbonyl (C=O) groups excluding carboxylic acids is 1. The van der Waals surface area contributed by atoms with Crippen molar-refractivity contribution in [1.29, 1.82) is 0 Å². The largest absolute Gasteiger partial charge is 0.348 e. The molecular weight excluding hydrogens is 384 g/mol. The van der Waals surface area contributed by atoms with Crippen LogP contribution in [0.15, 0.2) is 60.9 Å². The minimum Gasteiger partial charge on any atom is -0.348 e. The monoisotopic (exact) mass is 404 g/mol. The fourth-order valence-corrected chi connectivity index (χ4v) is 3.42. The van der Waals surface area contributed by atoms with Crippen molar-refractivity contribution < 1.29 is 4.79 Å². The Hall–Kier alpha value is -3.18. The number of carbonyl (C=O) groups is 1. The summed E-state index contributed by atoms with van der Waals surface area (Å²) in [6, 6.07) is 15.2. The fraction of sp³-hybridized carbons (Fsp3) is 0.174. The van der Waals surface area contributed by atoms with Gasteiger partial charge in [-0.1, -0.05) is 41.9 Å². The molecule has 0 aliphatic rings. The van der Waals surface area contributed by atoms with Crippen LogP contribution in [0, 0.1) is 6.92 Å². The number of benzene rings is 2. The first-order chi connectivity index (χ1) is 14.0. The van der Waals surface area contributed by atoms with E-state index in [2.05, 4.69) is 10.4 Å². The molecule has 4 aromatic rings. The smallest absolute Gasteiger partial charge is 0.252 e. The molecule has 0 unspecified atom stereocenters. The summed E-state index contributed by atoms with van der Waals surface area (Å²) in [6.45, 7) is 5.25. The van der Waals surface area contributed by atoms with Crippen molar-refractivity contribution in [2.75, 3.05) is 0 Å². The molecule has 2 heterocycles. The highest BCUT2D eigenvalue weighted by molar-refractivity contribution is 6.30. The lowest BCUT2D eigenvalue weighted by atomic mass is 10.0. The van der Waals surface area contributed by atoms with Crippen LogP contribution in [-0.4, -0.2) is 20.7 Å². The van der Waals surface area contributed by atoms with Crippen LogP contribution in [0.3, 0.4) is 0 Å². The Bertz CT molecular complexity index is 1180. The Morgan fingerprint density at radius 2 is 1.97 bits per heavy atom. The van der Waals surface area contributed by atoms with Gasteiger partial charge in [0.25, 0.3) is 5.91 Å². The Morgan fingerprint density at radius 3 is 2.69 bits per heavy atom. The van der Waals surface area contributed by atoms with Crippen LogP contribution in [0.2, 0.25) is 5.02 Å². The molecule has 146 valence electrons. The summed E-state index contributed by atoms with van der Waals surface area (Å²) >= 11 is 6.02. The first kappa shape index (κ1) is 19.2. The predicted octanol–water partition coefficient (Wildman–Crippen LogP) is 5.01. The molecule has 0 aliphatic heterocycles. The zero-order chi connectivity index (χ0) is 20.4. The standard InChI is InChI=1S/C23H21ClN4O/c1-3-28-14-16(13-26-28)12-25-23(29)20-11-21(17-7-9-18(24)10-8-17)27-22-15(2)5-4-6-19(20)22/h4-11,13-14H,3,12H2,1-2H3,(H,25,29). The van der Waals surface area contributed by atoms with Crippen LogP contribution in [0.1, 0.15) is 28.4 Å². The average molecular weight is 405 g/mol. The number of pyridine rings is 1. The number of nitrogens with zero attached hydrogens (tertiary/aromatic N) is 3. The third-order valence-corrected chi connectivity index (χ3v) is 5.14. The molecule has 6 heteroatoms. The van der Waals surface area contributed by atoms with E-state index < -0.39 is 0 Å². The number of hydrogen-bond acceptors (Lipinski definition) is 3. The number of amides is 1. The van der Waals surface area contributed by atoms with Gasteiger partial charge in [0.15, 0.2) is 0 Å². The molecule has 29 heavy (non-hydrogen) atoms. The predicted molar refractivity (Wildman–Crippen MR) is 116 cm³/mol. The summed E-state index contributed by atoms with van der Waals surface area (Å²) in [7, 11) is 0. The summed E-state index contributed by atoms with van der Waals surface area (Å²) in [5.41, 5.74) is 5.07. The summed E-state index contributed by atoms with van der Waals surface area (Å²) in [4.78, 5) is 17.9. The highest BCUT2D eigenvalue weighted by Gasteiger charge is 2.15. The summed E-state index contributed by atoms with van der Waals surface area (Å²) in [6.07, 6.45) is 3.71. The molecule has 1 amide bonds. The van der Waals surface area contributed by atoms with Gasteiger partial charge in [0.05, 0.1) is 23.0 Å². The van der Waals surface area contributed by atoms with Crippen LogP contribution in [0.4, 0.5) is 0 Å². The molecule has 2 aromatic carbocycles. The highest BCUT2D eigenvalue weighted by Crippen LogP contribution is 2.27. The number of nitrogens with one attached hydrogen (secondary N) is 1. The molecule has 2 aromatic heterocycles. The average Bonchev–Trinajstić information content (AvgIpc) is 3.20. The second kappa shape index (κ2) is 8.05. The van der Waals surface area contributed by atoms with E-state index in [0.717, 1.165) is 39.8 Å². The second-order valence-electron chi connectivity index (χ2n) is 6.92. The van der Waals surface area contributed by atoms with E-state index in [-0.39, 0.29) is 5.91 Å². The van der Waals surface area contributed by atoms with Crippen LogP contribution in [0.25, 0.3) is 22.2 Å². The Labute approximate surface area is 174 Å². The Balaban J connectivity index is 1.72. The zero-order valence-corrected chi connectivity index (χ0v) is 17.1. The molecule has 0 saturated carbocycles. The molecule has 0 saturated heterocycles. The molecular formula is C23H21ClN4O. The Morgan fingerprint density at radius 1 is 1.17 bits per heavy atom. The third kappa shape index (κ3) is 4.00. The maximum Gasteiger partial charge on any atom is 0.252 e. The maximum atomic E-state index is 13.1. The van der Waals surface area contributed by atoms with Gasteiger partial charge in [-0.2, -0.15) is 5.10 Å². The van der Waals surface area contributed by atoms with Gasteiger partial charge in [0, 0.05) is 40.8 Å². The second-order valence-corrected chi connectivity index (χ2v) is 7.36. The number of aryl methyl sites for hydroxylation is 2. The van der Waals surface area contributed by atoms with Crippen LogP contribution in [0.5, 0.6) is 0 Å². The fourth-order valence-electron chi connectivity index (χ4n) is 3.30. The quantitative estimate of drug-likeness (QED) is 0.508. The Kier molecular flexibility index (Phi) is 5.32. The van der Waals surface area contributed by atoms with E-state index in [9.17, 15) is 4.79 Å². The normalized spacial score (nSPS) is 11.0. The van der Waals surface area contributed by atoms with E-state index in [1.165, 1.54) is 0 Å². The van der Waals surface area contributed by atoms with E-state index in [4.69, 9.17) is 16.6 Å². The lowest BCUT2D eigenvalue weighted by Gasteiger charge is -2.12. The first-order valence-corrected chi connectivity index (χ1v) is 9.89. The molecule has 0 spiro atoms. The van der Waals surface area contributed by atoms with E-state index >= 15 is 0 Å². The number of hydrogen-bond donors (Lipinski definition) is 1. The van der Waals surface area contributed by atoms with Crippen LogP contribution >= 0.6 is 11.6 Å². The van der Waals surface area contributed by atoms with Gasteiger partial charge < -0.3 is 5.32 Å². The topological polar surface area (TPSA) is 59.8 Å². The first-order valence-electron chi connectivity index (χ1n) is 9.51. The number of fused-ring (bicyclic) bond motifs is 1. The van der Waals surface area contributed by atoms with Gasteiger partial charge in [-0.05, 0) is 37.6 Å². The van der Waals surface area contributed by atoms with Gasteiger partial charge in [-0.25, -0.2) is 4.98 Å². The van der Waals surface area contributed by atoms with Crippen LogP contribution in [-0.2, 0) is 13.1 Å². The number of para-hydroxylation sites is 1. The van der Waals surface area contributed by atoms with Gasteiger partial charge in [-0.3, -0.25) is 9.48 Å². The highest BCUT2D eigenvalue weighted by atomic mass is 35.5. The molecule has 0 radical (unpaired) electrons. The number of halogens is 1. The lowest BCUT2D eigenvalue weighted by molar-refractivity contribution is 0.0952. The summed E-state index contributed by atoms with van der Waals surface area (Å²) in [5.74, 6) is -0.137. The van der Waals surface area contributed by atoms with Crippen molar-refractivity contribution in [3.05, 3.63) is 82.6 Å². The van der Waals surface area contributed by atoms with Gasteiger partial charge >= 0.3 is 0 Å². The minimum atomic E-state index is -0.137. The number of rotatable bonds is 5. The molecule has 5 nitrogen and oxygen atoms in total. The van der Waals surface area contributed by atoms with Crippen molar-refractivity contribution in [2.24, 2.45) is 0 Å². The van der Waals surface area contributed by atoms with Crippen molar-refractivity contribution in [3.8, 4) is 11.3 Å². The molecule has 4 rings (SSSR count). The zero-order valence-electron chi connectivity index (χ0n) is 16.3. The summed E-state index contributed by atoms with van der Waals surface area (Å²) < 4.78 is 1.84. The van der Waals surface area contributed by atoms with Crippen molar-refractivity contribution in [1.82, 2.24) is 20.1 Å². The molecule has 0 aliphatic carbocycles. The molecule has 0 fully saturated rings. The maximum absolute atomic E-state index is 13.1. The third-order valence-electron chi connectivity index (χ3n) is 4.89. The van der Waals surface area contributed by atoms with E-state index in [0.29, 0.717) is 17.1 Å². The number of aromatic nitrogens is 3. The lowest BCUT2D eigenvalue weighted by Crippen LogP contribution is -2.23. The van der Waals surface area contributed by atoms with Gasteiger partial charge in [-0.15, -0.1) is 0 Å². The molecule has 0 atom stereocenters. The van der Waals surface area contributed by atoms with Crippen LogP contribution < -0.4 is 5.32 Å². The van der Waals surface area contributed by atoms with E-state index in [1.807, 2.05) is 73.3 Å². The molecule has 0 bridgehead atoms. The van der Waals surface area contributed by atoms with Crippen molar-refractivity contribution in [2.45, 2.75) is 26.9 Å². The van der Waals surface area contributed by atoms with Gasteiger partial charge in [0.1, 0.15) is 0 Å². The van der Waals surface area contributed by atoms with E-state index in [1.54, 1.807) is 6.20 Å². The van der Waals surface area contributed by atoms with Gasteiger partial charge in [0.2, 0.25) is 0 Å². The molecule has 1 N–H and O–H groups in total. The summed E-state index contributed by atoms with van der Waals surface area (Å²) in [5, 5.41) is 8.76. The SMILES string of the molecule is CCn1cc(CNC(=O)c2cc(-c3ccc(Cl)cc3)nc3c(C)cccc23)cn1. The van der Waals surface area contributed by atoms with Crippen molar-refractivity contribution in [3.63, 3.8) is 0 Å². The van der Waals surface area contributed by atoms with Crippen molar-refractivity contribution >= 4 is 28.4 Å². The minimum absolute atomic E-state index is 0.137.